The lowest BCUT2D eigenvalue weighted by molar-refractivity contribution is 0.764. The third-order valence-electron chi connectivity index (χ3n) is 5.63. The summed E-state index contributed by atoms with van der Waals surface area (Å²) in [5.74, 6) is 0. The van der Waals surface area contributed by atoms with Crippen molar-refractivity contribution in [1.29, 1.82) is 0 Å². The fraction of sp³-hybridized carbons (Fsp3) is 0.0714. The van der Waals surface area contributed by atoms with Gasteiger partial charge in [-0.25, -0.2) is 0 Å². The molecule has 1 nitrogen and oxygen atoms in total. The molecule has 0 fully saturated rings. The smallest absolute Gasteiger partial charge is 0.0571 e. The van der Waals surface area contributed by atoms with E-state index in [0.29, 0.717) is 0 Å². The van der Waals surface area contributed by atoms with Gasteiger partial charge in [-0.1, -0.05) is 103 Å². The standard InChI is InChI=1S/C28H23N/c1-2-3-20-29-27-23(21-12-6-4-7-13-21)16-10-18-25(27)26-19-11-17-24(28(26)29)22-14-8-5-9-15-22/h2,4-19H,1,3,20H2. The van der Waals surface area contributed by atoms with Crippen molar-refractivity contribution >= 4 is 21.8 Å². The van der Waals surface area contributed by atoms with Crippen molar-refractivity contribution in [2.45, 2.75) is 13.0 Å². The van der Waals surface area contributed by atoms with Crippen molar-refractivity contribution in [1.82, 2.24) is 4.57 Å². The highest BCUT2D eigenvalue weighted by atomic mass is 15.0. The minimum atomic E-state index is 0.914. The first-order valence-electron chi connectivity index (χ1n) is 10.1. The summed E-state index contributed by atoms with van der Waals surface area (Å²) in [5.41, 5.74) is 7.67. The molecule has 5 rings (SSSR count). The topological polar surface area (TPSA) is 4.93 Å². The maximum Gasteiger partial charge on any atom is 0.0571 e. The Morgan fingerprint density at radius 1 is 0.586 bits per heavy atom. The molecule has 0 bridgehead atoms. The molecule has 0 aliphatic heterocycles. The van der Waals surface area contributed by atoms with Crippen molar-refractivity contribution in [3.63, 3.8) is 0 Å². The quantitative estimate of drug-likeness (QED) is 0.278. The van der Waals surface area contributed by atoms with E-state index in [-0.39, 0.29) is 0 Å². The fourth-order valence-corrected chi connectivity index (χ4v) is 4.36. The summed E-state index contributed by atoms with van der Waals surface area (Å²) in [4.78, 5) is 0. The van der Waals surface area contributed by atoms with Gasteiger partial charge in [0, 0.05) is 28.4 Å². The molecule has 29 heavy (non-hydrogen) atoms. The minimum Gasteiger partial charge on any atom is -0.339 e. The highest BCUT2D eigenvalue weighted by molar-refractivity contribution is 6.16. The Bertz CT molecular complexity index is 1200. The van der Waals surface area contributed by atoms with Crippen LogP contribution in [0.4, 0.5) is 0 Å². The summed E-state index contributed by atoms with van der Waals surface area (Å²) in [6, 6.07) is 34.7. The lowest BCUT2D eigenvalue weighted by Crippen LogP contribution is -1.99. The van der Waals surface area contributed by atoms with Gasteiger partial charge in [-0.15, -0.1) is 6.58 Å². The molecule has 1 aromatic heterocycles. The van der Waals surface area contributed by atoms with Gasteiger partial charge in [0.25, 0.3) is 0 Å². The zero-order valence-electron chi connectivity index (χ0n) is 16.4. The maximum absolute atomic E-state index is 3.97. The van der Waals surface area contributed by atoms with Crippen LogP contribution in [0.1, 0.15) is 6.42 Å². The molecule has 140 valence electrons. The molecular formula is C28H23N. The Hall–Kier alpha value is -3.58. The third kappa shape index (κ3) is 2.96. The molecule has 0 aliphatic rings. The summed E-state index contributed by atoms with van der Waals surface area (Å²) in [6.07, 6.45) is 2.94. The first-order chi connectivity index (χ1) is 14.4. The minimum absolute atomic E-state index is 0.914. The van der Waals surface area contributed by atoms with Gasteiger partial charge in [0.05, 0.1) is 11.0 Å². The summed E-state index contributed by atoms with van der Waals surface area (Å²) < 4.78 is 2.50. The number of fused-ring (bicyclic) bond motifs is 3. The second-order valence-electron chi connectivity index (χ2n) is 7.36. The van der Waals surface area contributed by atoms with Crippen LogP contribution >= 0.6 is 0 Å². The van der Waals surface area contributed by atoms with Gasteiger partial charge in [0.1, 0.15) is 0 Å². The van der Waals surface area contributed by atoms with Crippen LogP contribution in [0.15, 0.2) is 110 Å². The molecular weight excluding hydrogens is 350 g/mol. The molecule has 0 aliphatic carbocycles. The van der Waals surface area contributed by atoms with Crippen molar-refractivity contribution in [2.75, 3.05) is 0 Å². The van der Waals surface area contributed by atoms with Crippen molar-refractivity contribution < 1.29 is 0 Å². The summed E-state index contributed by atoms with van der Waals surface area (Å²) in [6.45, 7) is 4.88. The van der Waals surface area contributed by atoms with E-state index in [4.69, 9.17) is 0 Å². The summed E-state index contributed by atoms with van der Waals surface area (Å²) in [7, 11) is 0. The van der Waals surface area contributed by atoms with E-state index < -0.39 is 0 Å². The molecule has 4 aromatic carbocycles. The normalized spacial score (nSPS) is 11.2. The Morgan fingerprint density at radius 2 is 1.07 bits per heavy atom. The fourth-order valence-electron chi connectivity index (χ4n) is 4.36. The van der Waals surface area contributed by atoms with Gasteiger partial charge in [-0.3, -0.25) is 0 Å². The highest BCUT2D eigenvalue weighted by Gasteiger charge is 2.17. The Kier molecular flexibility index (Phi) is 4.50. The summed E-state index contributed by atoms with van der Waals surface area (Å²) in [5, 5.41) is 2.62. The van der Waals surface area contributed by atoms with Crippen LogP contribution in [-0.2, 0) is 6.54 Å². The van der Waals surface area contributed by atoms with Crippen LogP contribution in [0.25, 0.3) is 44.1 Å². The van der Waals surface area contributed by atoms with E-state index in [9.17, 15) is 0 Å². The Morgan fingerprint density at radius 3 is 1.52 bits per heavy atom. The van der Waals surface area contributed by atoms with Gasteiger partial charge in [-0.05, 0) is 17.5 Å². The van der Waals surface area contributed by atoms with Gasteiger partial charge >= 0.3 is 0 Å². The molecule has 1 heteroatoms. The second-order valence-corrected chi connectivity index (χ2v) is 7.36. The molecule has 0 amide bonds. The first-order valence-corrected chi connectivity index (χ1v) is 10.1. The SMILES string of the molecule is C=CCCn1c2c(-c3ccccc3)cccc2c2cccc(-c3ccccc3)c21. The zero-order valence-corrected chi connectivity index (χ0v) is 16.4. The van der Waals surface area contributed by atoms with Crippen LogP contribution in [0.3, 0.4) is 0 Å². The van der Waals surface area contributed by atoms with Gasteiger partial charge in [-0.2, -0.15) is 0 Å². The molecule has 0 spiro atoms. The maximum atomic E-state index is 3.97. The summed E-state index contributed by atoms with van der Waals surface area (Å²) >= 11 is 0. The molecule has 0 saturated heterocycles. The lowest BCUT2D eigenvalue weighted by atomic mass is 10.0. The molecule has 0 unspecified atom stereocenters. The molecule has 0 saturated carbocycles. The molecule has 0 radical (unpaired) electrons. The number of hydrogen-bond acceptors (Lipinski definition) is 0. The van der Waals surface area contributed by atoms with Crippen LogP contribution in [0.5, 0.6) is 0 Å². The average molecular weight is 373 g/mol. The average Bonchev–Trinajstić information content (AvgIpc) is 3.13. The van der Waals surface area contributed by atoms with E-state index in [1.54, 1.807) is 0 Å². The van der Waals surface area contributed by atoms with E-state index in [1.807, 2.05) is 6.08 Å². The second kappa shape index (κ2) is 7.44. The number of hydrogen-bond donors (Lipinski definition) is 0. The zero-order chi connectivity index (χ0) is 19.6. The van der Waals surface area contributed by atoms with Gasteiger partial charge in [0.2, 0.25) is 0 Å². The highest BCUT2D eigenvalue weighted by Crippen LogP contribution is 2.40. The monoisotopic (exact) mass is 373 g/mol. The lowest BCUT2D eigenvalue weighted by Gasteiger charge is -2.13. The number of benzene rings is 4. The number of para-hydroxylation sites is 2. The molecule has 0 atom stereocenters. The van der Waals surface area contributed by atoms with Crippen LogP contribution in [-0.4, -0.2) is 4.57 Å². The largest absolute Gasteiger partial charge is 0.339 e. The van der Waals surface area contributed by atoms with E-state index in [0.717, 1.165) is 13.0 Å². The number of aryl methyl sites for hydroxylation is 1. The van der Waals surface area contributed by atoms with Crippen LogP contribution in [0.2, 0.25) is 0 Å². The van der Waals surface area contributed by atoms with Crippen LogP contribution in [0, 0.1) is 0 Å². The van der Waals surface area contributed by atoms with Crippen LogP contribution < -0.4 is 0 Å². The first kappa shape index (κ1) is 17.5. The molecule has 0 N–H and O–H groups in total. The van der Waals surface area contributed by atoms with Crippen molar-refractivity contribution in [3.8, 4) is 22.3 Å². The van der Waals surface area contributed by atoms with E-state index >= 15 is 0 Å². The number of allylic oxidation sites excluding steroid dienone is 1. The van der Waals surface area contributed by atoms with Gasteiger partial charge in [0.15, 0.2) is 0 Å². The predicted molar refractivity (Wildman–Crippen MR) is 125 cm³/mol. The number of aromatic nitrogens is 1. The van der Waals surface area contributed by atoms with Crippen molar-refractivity contribution in [2.24, 2.45) is 0 Å². The van der Waals surface area contributed by atoms with E-state index in [1.165, 1.54) is 44.1 Å². The van der Waals surface area contributed by atoms with E-state index in [2.05, 4.69) is 108 Å². The molecule has 1 heterocycles. The number of nitrogens with zero attached hydrogens (tertiary/aromatic N) is 1. The predicted octanol–water partition coefficient (Wildman–Crippen LogP) is 7.70. The Balaban J connectivity index is 1.92. The van der Waals surface area contributed by atoms with Gasteiger partial charge < -0.3 is 4.57 Å². The number of rotatable bonds is 5. The van der Waals surface area contributed by atoms with Crippen molar-refractivity contribution in [3.05, 3.63) is 110 Å². The molecule has 5 aromatic rings. The Labute approximate surface area is 171 Å². The third-order valence-corrected chi connectivity index (χ3v) is 5.63.